The van der Waals surface area contributed by atoms with E-state index in [1.807, 2.05) is 6.92 Å². The van der Waals surface area contributed by atoms with Crippen LogP contribution in [0.3, 0.4) is 0 Å². The molecule has 2 aromatic heterocycles. The Morgan fingerprint density at radius 3 is 2.89 bits per heavy atom. The quantitative estimate of drug-likeness (QED) is 0.810. The molecule has 0 atom stereocenters. The number of rotatable bonds is 3. The van der Waals surface area contributed by atoms with Gasteiger partial charge in [-0.2, -0.15) is 0 Å². The molecular formula is C13H12FNO3S. The third-order valence-corrected chi connectivity index (χ3v) is 3.77. The first-order valence-corrected chi connectivity index (χ1v) is 6.36. The van der Waals surface area contributed by atoms with Crippen LogP contribution >= 0.6 is 11.3 Å². The van der Waals surface area contributed by atoms with Gasteiger partial charge < -0.3 is 9.30 Å². The van der Waals surface area contributed by atoms with Crippen LogP contribution in [0, 0.1) is 12.7 Å². The minimum Gasteiger partial charge on any atom is -0.465 e. The third kappa shape index (κ3) is 2.90. The molecule has 100 valence electrons. The van der Waals surface area contributed by atoms with Crippen molar-refractivity contribution in [3.8, 4) is 0 Å². The summed E-state index contributed by atoms with van der Waals surface area (Å²) in [6.07, 6.45) is 1.15. The van der Waals surface area contributed by atoms with Gasteiger partial charge in [0.2, 0.25) is 0 Å². The molecular weight excluding hydrogens is 269 g/mol. The molecule has 2 heterocycles. The minimum absolute atomic E-state index is 0.232. The highest BCUT2D eigenvalue weighted by atomic mass is 32.1. The molecule has 0 radical (unpaired) electrons. The molecule has 0 amide bonds. The summed E-state index contributed by atoms with van der Waals surface area (Å²) < 4.78 is 19.0. The van der Waals surface area contributed by atoms with E-state index in [9.17, 15) is 14.0 Å². The van der Waals surface area contributed by atoms with E-state index >= 15 is 0 Å². The predicted molar refractivity (Wildman–Crippen MR) is 70.2 cm³/mol. The topological polar surface area (TPSA) is 48.3 Å². The van der Waals surface area contributed by atoms with E-state index in [2.05, 4.69) is 4.74 Å². The molecule has 0 N–H and O–H groups in total. The highest BCUT2D eigenvalue weighted by Crippen LogP contribution is 2.22. The van der Waals surface area contributed by atoms with Crippen molar-refractivity contribution in [2.75, 3.05) is 7.11 Å². The largest absolute Gasteiger partial charge is 0.465 e. The van der Waals surface area contributed by atoms with Gasteiger partial charge in [-0.15, -0.1) is 11.3 Å². The number of pyridine rings is 1. The Morgan fingerprint density at radius 1 is 1.47 bits per heavy atom. The number of carbonyl (C=O) groups is 1. The first-order valence-electron chi connectivity index (χ1n) is 5.55. The average molecular weight is 281 g/mol. The molecule has 0 aliphatic rings. The number of hydrogen-bond donors (Lipinski definition) is 0. The number of ether oxygens (including phenoxy) is 1. The zero-order valence-corrected chi connectivity index (χ0v) is 11.3. The lowest BCUT2D eigenvalue weighted by Crippen LogP contribution is -2.19. The Kier molecular flexibility index (Phi) is 3.80. The van der Waals surface area contributed by atoms with Gasteiger partial charge in [-0.3, -0.25) is 4.79 Å². The first-order chi connectivity index (χ1) is 9.01. The number of methoxy groups -OCH3 is 1. The fourth-order valence-corrected chi connectivity index (χ4v) is 2.64. The molecule has 2 rings (SSSR count). The van der Waals surface area contributed by atoms with E-state index in [1.165, 1.54) is 29.1 Å². The van der Waals surface area contributed by atoms with E-state index in [0.29, 0.717) is 4.88 Å². The van der Waals surface area contributed by atoms with Gasteiger partial charge in [0.25, 0.3) is 5.56 Å². The summed E-state index contributed by atoms with van der Waals surface area (Å²) in [4.78, 5) is 24.4. The predicted octanol–water partition coefficient (Wildman–Crippen LogP) is 2.19. The number of aromatic nitrogens is 1. The number of thiophene rings is 1. The molecule has 0 saturated carbocycles. The molecule has 0 fully saturated rings. The molecule has 4 nitrogen and oxygen atoms in total. The zero-order valence-electron chi connectivity index (χ0n) is 10.5. The second-order valence-electron chi connectivity index (χ2n) is 4.00. The molecule has 0 saturated heterocycles. The number of esters is 1. The standard InChI is InChI=1S/C13H12FNO3S/c1-8-9(5-11(19-8)13(17)18-2)6-15-7-10(14)3-4-12(15)16/h3-5,7H,6H2,1-2H3. The Morgan fingerprint density at radius 2 is 2.21 bits per heavy atom. The van der Waals surface area contributed by atoms with E-state index in [4.69, 9.17) is 0 Å². The number of hydrogen-bond acceptors (Lipinski definition) is 4. The summed E-state index contributed by atoms with van der Waals surface area (Å²) in [7, 11) is 1.31. The number of halogens is 1. The number of nitrogens with zero attached hydrogens (tertiary/aromatic N) is 1. The normalized spacial score (nSPS) is 10.5. The van der Waals surface area contributed by atoms with Gasteiger partial charge >= 0.3 is 5.97 Å². The van der Waals surface area contributed by atoms with Crippen LogP contribution in [0.2, 0.25) is 0 Å². The van der Waals surface area contributed by atoms with Gasteiger partial charge in [0.15, 0.2) is 0 Å². The van der Waals surface area contributed by atoms with Gasteiger partial charge in [-0.05, 0) is 24.6 Å². The summed E-state index contributed by atoms with van der Waals surface area (Å²) in [6.45, 7) is 2.08. The van der Waals surface area contributed by atoms with Gasteiger partial charge in [0.1, 0.15) is 10.7 Å². The maximum Gasteiger partial charge on any atom is 0.348 e. The van der Waals surface area contributed by atoms with Crippen LogP contribution in [-0.2, 0) is 11.3 Å². The minimum atomic E-state index is -0.472. The second kappa shape index (κ2) is 5.36. The van der Waals surface area contributed by atoms with Crippen LogP contribution in [0.1, 0.15) is 20.1 Å². The summed E-state index contributed by atoms with van der Waals surface area (Å²) in [5.74, 6) is -0.883. The Balaban J connectivity index is 2.33. The van der Waals surface area contributed by atoms with Crippen molar-refractivity contribution >= 4 is 17.3 Å². The maximum atomic E-state index is 13.1. The van der Waals surface area contributed by atoms with Crippen molar-refractivity contribution in [1.82, 2.24) is 4.57 Å². The third-order valence-electron chi connectivity index (χ3n) is 2.70. The Hall–Kier alpha value is -1.95. The van der Waals surface area contributed by atoms with Gasteiger partial charge in [0.05, 0.1) is 13.7 Å². The molecule has 0 spiro atoms. The lowest BCUT2D eigenvalue weighted by Gasteiger charge is -2.04. The maximum absolute atomic E-state index is 13.1. The van der Waals surface area contributed by atoms with E-state index < -0.39 is 11.8 Å². The molecule has 0 unspecified atom stereocenters. The average Bonchev–Trinajstić information content (AvgIpc) is 2.74. The molecule has 0 bridgehead atoms. The first kappa shape index (κ1) is 13.5. The molecule has 19 heavy (non-hydrogen) atoms. The lowest BCUT2D eigenvalue weighted by atomic mass is 10.2. The van der Waals surface area contributed by atoms with Crippen LogP contribution in [0.4, 0.5) is 4.39 Å². The number of carbonyl (C=O) groups excluding carboxylic acids is 1. The van der Waals surface area contributed by atoms with Crippen molar-refractivity contribution in [3.05, 3.63) is 55.9 Å². The molecule has 6 heteroatoms. The summed E-state index contributed by atoms with van der Waals surface area (Å²) in [5.41, 5.74) is 0.518. The molecule has 0 aliphatic heterocycles. The van der Waals surface area contributed by atoms with E-state index in [0.717, 1.165) is 22.7 Å². The SMILES string of the molecule is COC(=O)c1cc(Cn2cc(F)ccc2=O)c(C)s1. The Labute approximate surface area is 113 Å². The van der Waals surface area contributed by atoms with Crippen molar-refractivity contribution < 1.29 is 13.9 Å². The Bertz CT molecular complexity index is 675. The summed E-state index contributed by atoms with van der Waals surface area (Å²) in [5, 5.41) is 0. The van der Waals surface area contributed by atoms with Crippen LogP contribution in [0.25, 0.3) is 0 Å². The molecule has 2 aromatic rings. The summed E-state index contributed by atoms with van der Waals surface area (Å²) in [6, 6.07) is 3.97. The smallest absolute Gasteiger partial charge is 0.348 e. The zero-order chi connectivity index (χ0) is 14.0. The lowest BCUT2D eigenvalue weighted by molar-refractivity contribution is 0.0606. The highest BCUT2D eigenvalue weighted by molar-refractivity contribution is 7.14. The molecule has 0 aliphatic carbocycles. The van der Waals surface area contributed by atoms with Crippen LogP contribution in [-0.4, -0.2) is 17.6 Å². The van der Waals surface area contributed by atoms with Crippen LogP contribution in [0.5, 0.6) is 0 Å². The second-order valence-corrected chi connectivity index (χ2v) is 5.25. The van der Waals surface area contributed by atoms with Gasteiger partial charge in [0, 0.05) is 17.1 Å². The van der Waals surface area contributed by atoms with Gasteiger partial charge in [-0.1, -0.05) is 0 Å². The molecule has 0 aromatic carbocycles. The van der Waals surface area contributed by atoms with E-state index in [1.54, 1.807) is 6.07 Å². The number of aryl methyl sites for hydroxylation is 1. The van der Waals surface area contributed by atoms with Crippen molar-refractivity contribution in [1.29, 1.82) is 0 Å². The van der Waals surface area contributed by atoms with Crippen molar-refractivity contribution in [3.63, 3.8) is 0 Å². The van der Waals surface area contributed by atoms with Crippen molar-refractivity contribution in [2.45, 2.75) is 13.5 Å². The monoisotopic (exact) mass is 281 g/mol. The van der Waals surface area contributed by atoms with Crippen LogP contribution in [0.15, 0.2) is 29.2 Å². The van der Waals surface area contributed by atoms with E-state index in [-0.39, 0.29) is 12.1 Å². The fourth-order valence-electron chi connectivity index (χ4n) is 1.69. The fraction of sp³-hybridized carbons (Fsp3) is 0.231. The van der Waals surface area contributed by atoms with Crippen LogP contribution < -0.4 is 5.56 Å². The highest BCUT2D eigenvalue weighted by Gasteiger charge is 2.13. The summed E-state index contributed by atoms with van der Waals surface area (Å²) >= 11 is 1.29. The van der Waals surface area contributed by atoms with Gasteiger partial charge in [-0.25, -0.2) is 9.18 Å². The van der Waals surface area contributed by atoms with Crippen molar-refractivity contribution in [2.24, 2.45) is 0 Å².